The smallest absolute Gasteiger partial charge is 0.248 e. The minimum absolute atomic E-state index is 0.141. The van der Waals surface area contributed by atoms with Gasteiger partial charge in [-0.3, -0.25) is 19.1 Å². The van der Waals surface area contributed by atoms with Gasteiger partial charge in [-0.2, -0.15) is 5.10 Å². The molecule has 3 atom stereocenters. The van der Waals surface area contributed by atoms with Crippen molar-refractivity contribution >= 4 is 50.2 Å². The highest BCUT2D eigenvalue weighted by molar-refractivity contribution is 9.10. The van der Waals surface area contributed by atoms with Crippen LogP contribution < -0.4 is 10.1 Å². The number of carbonyl (C=O) groups is 3. The summed E-state index contributed by atoms with van der Waals surface area (Å²) in [7, 11) is 0. The molecule has 1 aromatic carbocycles. The second-order valence-corrected chi connectivity index (χ2v) is 14.3. The van der Waals surface area contributed by atoms with E-state index >= 15 is 0 Å². The SMILES string of the molecule is CC(=O)c1nn(CC(=O)N2[C@H]3C[C@@]4(COc5cccc(n5)CCCCc5ccc(Br)nc5NC3=O)C[C@@H]24)c2ccc(-c3cnc(C)nc3)cc12. The Morgan fingerprint density at radius 1 is 1.02 bits per heavy atom. The maximum Gasteiger partial charge on any atom is 0.248 e. The van der Waals surface area contributed by atoms with E-state index in [1.54, 1.807) is 22.0 Å². The highest BCUT2D eigenvalue weighted by atomic mass is 79.9. The molecule has 0 unspecified atom stereocenters. The molecule has 0 radical (unpaired) electrons. The fourth-order valence-corrected chi connectivity index (χ4v) is 7.71. The van der Waals surface area contributed by atoms with Crippen LogP contribution in [0.2, 0.25) is 0 Å². The third-order valence-corrected chi connectivity index (χ3v) is 10.5. The van der Waals surface area contributed by atoms with Gasteiger partial charge in [-0.25, -0.2) is 19.9 Å². The van der Waals surface area contributed by atoms with Crippen LogP contribution in [-0.4, -0.2) is 70.9 Å². The first kappa shape index (κ1) is 32.2. The number of amides is 2. The number of nitrogens with zero attached hydrogens (tertiary/aromatic N) is 7. The zero-order chi connectivity index (χ0) is 34.6. The number of hydrogen-bond donors (Lipinski definition) is 1. The Balaban J connectivity index is 1.12. The number of likely N-dealkylation sites (tertiary alicyclic amines) is 1. The van der Waals surface area contributed by atoms with Crippen molar-refractivity contribution in [2.45, 2.75) is 71.0 Å². The average Bonchev–Trinajstić information content (AvgIpc) is 3.52. The van der Waals surface area contributed by atoms with E-state index in [0.29, 0.717) is 52.5 Å². The van der Waals surface area contributed by atoms with E-state index in [1.165, 1.54) is 6.92 Å². The summed E-state index contributed by atoms with van der Waals surface area (Å²) in [5, 5.41) is 8.32. The lowest BCUT2D eigenvalue weighted by Gasteiger charge is -2.27. The summed E-state index contributed by atoms with van der Waals surface area (Å²) in [5.74, 6) is 0.947. The first-order valence-electron chi connectivity index (χ1n) is 16.8. The van der Waals surface area contributed by atoms with Gasteiger partial charge in [-0.15, -0.1) is 0 Å². The minimum atomic E-state index is -0.743. The van der Waals surface area contributed by atoms with Gasteiger partial charge in [-0.05, 0) is 96.8 Å². The Morgan fingerprint density at radius 2 is 1.84 bits per heavy atom. The first-order valence-corrected chi connectivity index (χ1v) is 17.6. The van der Waals surface area contributed by atoms with Gasteiger partial charge in [-0.1, -0.05) is 18.2 Å². The van der Waals surface area contributed by atoms with Crippen molar-refractivity contribution in [2.75, 3.05) is 11.9 Å². The summed E-state index contributed by atoms with van der Waals surface area (Å²) in [5.41, 5.74) is 4.08. The Kier molecular flexibility index (Phi) is 8.17. The number of anilines is 1. The molecule has 1 saturated carbocycles. The molecule has 2 amide bonds. The number of carbonyl (C=O) groups excluding carboxylic acids is 3. The van der Waals surface area contributed by atoms with Crippen LogP contribution in [0.25, 0.3) is 22.0 Å². The molecule has 13 heteroatoms. The fraction of sp³-hybridized carbons (Fsp3) is 0.351. The second kappa shape index (κ2) is 12.7. The lowest BCUT2D eigenvalue weighted by molar-refractivity contribution is -0.138. The number of nitrogens with one attached hydrogen (secondary N) is 1. The number of hydrogen-bond acceptors (Lipinski definition) is 9. The number of ketones is 1. The molecule has 1 aliphatic carbocycles. The van der Waals surface area contributed by atoms with E-state index in [2.05, 4.69) is 41.3 Å². The van der Waals surface area contributed by atoms with E-state index in [-0.39, 0.29) is 41.3 Å². The Labute approximate surface area is 296 Å². The quantitative estimate of drug-likeness (QED) is 0.187. The molecule has 4 aromatic heterocycles. The average molecular weight is 736 g/mol. The lowest BCUT2D eigenvalue weighted by atomic mass is 10.00. The van der Waals surface area contributed by atoms with Crippen LogP contribution in [0, 0.1) is 12.3 Å². The number of pyridine rings is 2. The van der Waals surface area contributed by atoms with Crippen molar-refractivity contribution in [3.8, 4) is 17.0 Å². The maximum atomic E-state index is 14.4. The van der Waals surface area contributed by atoms with Crippen LogP contribution in [0.4, 0.5) is 5.82 Å². The fourth-order valence-electron chi connectivity index (χ4n) is 7.40. The van der Waals surface area contributed by atoms with E-state index in [4.69, 9.17) is 9.72 Å². The van der Waals surface area contributed by atoms with Gasteiger partial charge in [0.2, 0.25) is 17.7 Å². The van der Waals surface area contributed by atoms with Gasteiger partial charge in [0, 0.05) is 53.5 Å². The van der Waals surface area contributed by atoms with Gasteiger partial charge in [0.15, 0.2) is 5.78 Å². The topological polar surface area (TPSA) is 145 Å². The van der Waals surface area contributed by atoms with Crippen LogP contribution in [-0.2, 0) is 29.0 Å². The molecule has 1 spiro atoms. The normalized spacial score (nSPS) is 21.6. The number of aryl methyl sites for hydroxylation is 3. The molecule has 2 fully saturated rings. The van der Waals surface area contributed by atoms with E-state index in [0.717, 1.165) is 48.1 Å². The molecule has 8 rings (SSSR count). The summed E-state index contributed by atoms with van der Waals surface area (Å²) in [6, 6.07) is 14.4. The van der Waals surface area contributed by atoms with Crippen molar-refractivity contribution in [3.05, 3.63) is 88.3 Å². The van der Waals surface area contributed by atoms with E-state index < -0.39 is 6.04 Å². The molecule has 50 heavy (non-hydrogen) atoms. The van der Waals surface area contributed by atoms with Crippen LogP contribution >= 0.6 is 15.9 Å². The molecule has 1 N–H and O–H groups in total. The van der Waals surface area contributed by atoms with Gasteiger partial charge in [0.1, 0.15) is 34.5 Å². The molecule has 1 saturated heterocycles. The van der Waals surface area contributed by atoms with Crippen LogP contribution in [0.3, 0.4) is 0 Å². The molecule has 6 heterocycles. The zero-order valence-electron chi connectivity index (χ0n) is 27.7. The molecule has 254 valence electrons. The third-order valence-electron chi connectivity index (χ3n) is 10.1. The summed E-state index contributed by atoms with van der Waals surface area (Å²) in [6.45, 7) is 3.48. The largest absolute Gasteiger partial charge is 0.477 e. The van der Waals surface area contributed by atoms with Crippen molar-refractivity contribution in [2.24, 2.45) is 5.41 Å². The van der Waals surface area contributed by atoms with E-state index in [1.807, 2.05) is 55.5 Å². The highest BCUT2D eigenvalue weighted by Crippen LogP contribution is 2.60. The summed E-state index contributed by atoms with van der Waals surface area (Å²) >= 11 is 3.46. The number of Topliss-reactive ketones (excluding diaryl/α,β-unsaturated/α-hetero) is 1. The number of fused-ring (bicyclic) bond motifs is 5. The maximum absolute atomic E-state index is 14.4. The van der Waals surface area contributed by atoms with E-state index in [9.17, 15) is 14.4 Å². The van der Waals surface area contributed by atoms with Gasteiger partial charge >= 0.3 is 0 Å². The summed E-state index contributed by atoms with van der Waals surface area (Å²) < 4.78 is 8.43. The molecule has 3 aliphatic rings. The van der Waals surface area contributed by atoms with Gasteiger partial charge < -0.3 is 15.0 Å². The predicted octanol–water partition coefficient (Wildman–Crippen LogP) is 5.51. The lowest BCUT2D eigenvalue weighted by Crippen LogP contribution is -2.47. The highest BCUT2D eigenvalue weighted by Gasteiger charge is 2.67. The van der Waals surface area contributed by atoms with Crippen LogP contribution in [0.1, 0.15) is 60.2 Å². The third kappa shape index (κ3) is 6.03. The molecule has 2 aliphatic heterocycles. The molecule has 4 bridgehead atoms. The standard InChI is InChI=1S/C37H35BrN8O4/c1-21(47)34-27-14-24(25-17-39-22(2)40-18-25)10-12-28(27)45(44-34)19-33(48)46-29-15-37(16-30(37)46)20-50-32-9-5-8-26(41-32)7-4-3-6-23-11-13-31(38)42-35(23)43-36(29)49/h5,8-14,17-18,29-30H,3-4,6-7,15-16,19-20H2,1-2H3,(H,42,43,49)/t29-,30+,37-/m0/s1. The molecule has 5 aromatic rings. The van der Waals surface area contributed by atoms with Gasteiger partial charge in [0.05, 0.1) is 12.1 Å². The zero-order valence-corrected chi connectivity index (χ0v) is 29.3. The summed E-state index contributed by atoms with van der Waals surface area (Å²) in [6.07, 6.45) is 7.99. The Morgan fingerprint density at radius 3 is 2.66 bits per heavy atom. The second-order valence-electron chi connectivity index (χ2n) is 13.5. The number of piperidine rings is 1. The van der Waals surface area contributed by atoms with Crippen LogP contribution in [0.15, 0.2) is 65.5 Å². The molecular formula is C37H35BrN8O4. The Hall–Kier alpha value is -5.04. The number of halogens is 1. The number of benzene rings is 1. The Bertz CT molecular complexity index is 2170. The first-order chi connectivity index (χ1) is 24.2. The van der Waals surface area contributed by atoms with Crippen molar-refractivity contribution < 1.29 is 19.1 Å². The van der Waals surface area contributed by atoms with Crippen molar-refractivity contribution in [3.63, 3.8) is 0 Å². The van der Waals surface area contributed by atoms with Gasteiger partial charge in [0.25, 0.3) is 0 Å². The van der Waals surface area contributed by atoms with Crippen LogP contribution in [0.5, 0.6) is 5.88 Å². The van der Waals surface area contributed by atoms with Crippen molar-refractivity contribution in [1.29, 1.82) is 0 Å². The number of aromatic nitrogens is 6. The summed E-state index contributed by atoms with van der Waals surface area (Å²) in [4.78, 5) is 60.9. The van der Waals surface area contributed by atoms with Crippen molar-refractivity contribution in [1.82, 2.24) is 34.6 Å². The predicted molar refractivity (Wildman–Crippen MR) is 189 cm³/mol. The number of rotatable bonds is 4. The monoisotopic (exact) mass is 734 g/mol. The molecule has 12 nitrogen and oxygen atoms in total. The minimum Gasteiger partial charge on any atom is -0.477 e. The number of ether oxygens (including phenoxy) is 1. The molecular weight excluding hydrogens is 700 g/mol.